The molecule has 0 bridgehead atoms. The Morgan fingerprint density at radius 2 is 1.91 bits per heavy atom. The Bertz CT molecular complexity index is 1200. The van der Waals surface area contributed by atoms with Gasteiger partial charge in [-0.2, -0.15) is 5.10 Å². The third-order valence-electron chi connectivity index (χ3n) is 6.53. The van der Waals surface area contributed by atoms with Crippen LogP contribution in [0, 0.1) is 6.92 Å². The molecule has 1 aromatic carbocycles. The minimum Gasteiger partial charge on any atom is -0.494 e. The second-order valence-electron chi connectivity index (χ2n) is 8.91. The highest BCUT2D eigenvalue weighted by atomic mass is 16.5. The molecule has 178 valence electrons. The molecule has 1 fully saturated rings. The molecule has 1 aliphatic carbocycles. The van der Waals surface area contributed by atoms with Crippen LogP contribution in [-0.2, 0) is 30.7 Å². The van der Waals surface area contributed by atoms with Crippen molar-refractivity contribution >= 4 is 11.8 Å². The number of likely N-dealkylation sites (tertiary alicyclic amines) is 1. The molecule has 0 unspecified atom stereocenters. The van der Waals surface area contributed by atoms with Gasteiger partial charge in [-0.05, 0) is 56.4 Å². The van der Waals surface area contributed by atoms with Gasteiger partial charge < -0.3 is 19.4 Å². The molecule has 1 N–H and O–H groups in total. The van der Waals surface area contributed by atoms with Crippen molar-refractivity contribution in [2.24, 2.45) is 0 Å². The summed E-state index contributed by atoms with van der Waals surface area (Å²) in [5.41, 5.74) is 4.67. The molecule has 1 saturated heterocycles. The zero-order chi connectivity index (χ0) is 23.7. The smallest absolute Gasteiger partial charge is 0.289 e. The molecule has 8 nitrogen and oxygen atoms in total. The molecule has 5 rings (SSSR count). The van der Waals surface area contributed by atoms with E-state index in [0.717, 1.165) is 78.2 Å². The molecule has 3 aromatic rings. The fraction of sp³-hybridized carbons (Fsp3) is 0.423. The second-order valence-corrected chi connectivity index (χ2v) is 8.91. The third-order valence-corrected chi connectivity index (χ3v) is 6.53. The van der Waals surface area contributed by atoms with E-state index in [1.165, 1.54) is 0 Å². The van der Waals surface area contributed by atoms with E-state index in [9.17, 15) is 9.59 Å². The number of hydrogen-bond donors (Lipinski definition) is 1. The molecule has 2 aliphatic rings. The second kappa shape index (κ2) is 9.37. The van der Waals surface area contributed by atoms with Crippen LogP contribution >= 0.6 is 0 Å². The highest BCUT2D eigenvalue weighted by Crippen LogP contribution is 2.38. The predicted octanol–water partition coefficient (Wildman–Crippen LogP) is 3.50. The van der Waals surface area contributed by atoms with Gasteiger partial charge in [0.25, 0.3) is 5.91 Å². The molecule has 2 amide bonds. The fourth-order valence-electron chi connectivity index (χ4n) is 4.79. The first-order valence-electron chi connectivity index (χ1n) is 12.0. The SMILES string of the molecule is CCOc1ccc(CNC(=O)Cn2cc3c(n2)-c2c(oc(C(=O)N4CCCC4)c2C)CC3)cc1. The summed E-state index contributed by atoms with van der Waals surface area (Å²) in [5.74, 6) is 1.93. The van der Waals surface area contributed by atoms with Crippen LogP contribution in [0.2, 0.25) is 0 Å². The van der Waals surface area contributed by atoms with Crippen LogP contribution in [0.15, 0.2) is 34.9 Å². The lowest BCUT2D eigenvalue weighted by atomic mass is 9.93. The Balaban J connectivity index is 1.27. The number of nitrogens with zero attached hydrogens (tertiary/aromatic N) is 3. The number of hydrogen-bond acceptors (Lipinski definition) is 5. The summed E-state index contributed by atoms with van der Waals surface area (Å²) in [7, 11) is 0. The van der Waals surface area contributed by atoms with Crippen LogP contribution in [-0.4, -0.2) is 46.2 Å². The first-order chi connectivity index (χ1) is 16.5. The lowest BCUT2D eigenvalue weighted by Crippen LogP contribution is -2.27. The zero-order valence-electron chi connectivity index (χ0n) is 19.7. The molecule has 0 atom stereocenters. The molecule has 8 heteroatoms. The zero-order valence-corrected chi connectivity index (χ0v) is 19.7. The summed E-state index contributed by atoms with van der Waals surface area (Å²) in [5, 5.41) is 7.66. The summed E-state index contributed by atoms with van der Waals surface area (Å²) in [6.07, 6.45) is 5.52. The number of carbonyl (C=O) groups is 2. The average molecular weight is 463 g/mol. The maximum Gasteiger partial charge on any atom is 0.289 e. The van der Waals surface area contributed by atoms with E-state index in [4.69, 9.17) is 14.3 Å². The van der Waals surface area contributed by atoms with Gasteiger partial charge in [-0.1, -0.05) is 12.1 Å². The summed E-state index contributed by atoms with van der Waals surface area (Å²) < 4.78 is 13.2. The van der Waals surface area contributed by atoms with E-state index in [1.807, 2.05) is 49.2 Å². The van der Waals surface area contributed by atoms with Gasteiger partial charge in [0.2, 0.25) is 5.91 Å². The van der Waals surface area contributed by atoms with Crippen LogP contribution in [0.4, 0.5) is 0 Å². The van der Waals surface area contributed by atoms with Gasteiger partial charge in [0.15, 0.2) is 5.76 Å². The number of furan rings is 1. The first-order valence-corrected chi connectivity index (χ1v) is 12.0. The van der Waals surface area contributed by atoms with Crippen LogP contribution < -0.4 is 10.1 Å². The number of fused-ring (bicyclic) bond motifs is 3. The van der Waals surface area contributed by atoms with Crippen LogP contribution in [0.3, 0.4) is 0 Å². The Hall–Kier alpha value is -3.55. The number of ether oxygens (including phenoxy) is 1. The fourth-order valence-corrected chi connectivity index (χ4v) is 4.79. The molecule has 3 heterocycles. The molecule has 0 saturated carbocycles. The predicted molar refractivity (Wildman–Crippen MR) is 127 cm³/mol. The number of rotatable bonds is 7. The van der Waals surface area contributed by atoms with E-state index in [0.29, 0.717) is 18.9 Å². The molecule has 2 aromatic heterocycles. The lowest BCUT2D eigenvalue weighted by molar-refractivity contribution is -0.122. The number of aryl methyl sites for hydroxylation is 2. The molecule has 34 heavy (non-hydrogen) atoms. The van der Waals surface area contributed by atoms with Crippen molar-refractivity contribution in [3.05, 3.63) is 58.7 Å². The van der Waals surface area contributed by atoms with Crippen LogP contribution in [0.1, 0.15) is 52.8 Å². The summed E-state index contributed by atoms with van der Waals surface area (Å²) in [6, 6.07) is 7.70. The van der Waals surface area contributed by atoms with Crippen molar-refractivity contribution in [2.45, 2.75) is 52.6 Å². The van der Waals surface area contributed by atoms with Crippen LogP contribution in [0.25, 0.3) is 11.3 Å². The van der Waals surface area contributed by atoms with Crippen molar-refractivity contribution < 1.29 is 18.7 Å². The molecular weight excluding hydrogens is 432 g/mol. The lowest BCUT2D eigenvalue weighted by Gasteiger charge is -2.13. The van der Waals surface area contributed by atoms with Gasteiger partial charge in [0.05, 0.1) is 12.3 Å². The van der Waals surface area contributed by atoms with Gasteiger partial charge in [-0.15, -0.1) is 0 Å². The Morgan fingerprint density at radius 3 is 2.65 bits per heavy atom. The van der Waals surface area contributed by atoms with E-state index >= 15 is 0 Å². The van der Waals surface area contributed by atoms with Crippen LogP contribution in [0.5, 0.6) is 5.75 Å². The highest BCUT2D eigenvalue weighted by Gasteiger charge is 2.32. The number of benzene rings is 1. The average Bonchev–Trinajstić information content (AvgIpc) is 3.57. The maximum atomic E-state index is 12.9. The van der Waals surface area contributed by atoms with E-state index in [1.54, 1.807) is 4.68 Å². The molecule has 0 radical (unpaired) electrons. The minimum absolute atomic E-state index is 0.0287. The molecular formula is C26H30N4O4. The highest BCUT2D eigenvalue weighted by molar-refractivity contribution is 5.95. The normalized spacial score (nSPS) is 14.6. The number of amides is 2. The van der Waals surface area contributed by atoms with E-state index in [-0.39, 0.29) is 18.4 Å². The van der Waals surface area contributed by atoms with E-state index in [2.05, 4.69) is 5.32 Å². The van der Waals surface area contributed by atoms with Gasteiger partial charge in [0, 0.05) is 43.4 Å². The summed E-state index contributed by atoms with van der Waals surface area (Å²) in [4.78, 5) is 27.4. The van der Waals surface area contributed by atoms with Crippen molar-refractivity contribution in [2.75, 3.05) is 19.7 Å². The topological polar surface area (TPSA) is 89.6 Å². The summed E-state index contributed by atoms with van der Waals surface area (Å²) in [6.45, 7) is 6.66. The number of carbonyl (C=O) groups excluding carboxylic acids is 2. The minimum atomic E-state index is -0.109. The van der Waals surface area contributed by atoms with Crippen molar-refractivity contribution in [1.29, 1.82) is 0 Å². The standard InChI is InChI=1S/C26H30N4O4/c1-3-33-20-9-6-18(7-10-20)14-27-22(31)16-30-15-19-8-11-21-23(24(19)28-30)17(2)25(34-21)26(32)29-12-4-5-13-29/h6-7,9-10,15H,3-5,8,11-14,16H2,1-2H3,(H,27,31). The van der Waals surface area contributed by atoms with Crippen molar-refractivity contribution in [1.82, 2.24) is 20.0 Å². The van der Waals surface area contributed by atoms with Crippen molar-refractivity contribution in [3.8, 4) is 17.0 Å². The number of nitrogens with one attached hydrogen (secondary N) is 1. The van der Waals surface area contributed by atoms with Crippen molar-refractivity contribution in [3.63, 3.8) is 0 Å². The summed E-state index contributed by atoms with van der Waals surface area (Å²) >= 11 is 0. The molecule has 1 aliphatic heterocycles. The first kappa shape index (κ1) is 22.3. The monoisotopic (exact) mass is 462 g/mol. The van der Waals surface area contributed by atoms with Gasteiger partial charge >= 0.3 is 0 Å². The van der Waals surface area contributed by atoms with E-state index < -0.39 is 0 Å². The Kier molecular flexibility index (Phi) is 6.13. The van der Waals surface area contributed by atoms with Gasteiger partial charge in [-0.25, -0.2) is 0 Å². The Morgan fingerprint density at radius 1 is 1.15 bits per heavy atom. The Labute approximate surface area is 198 Å². The maximum absolute atomic E-state index is 12.9. The largest absolute Gasteiger partial charge is 0.494 e. The third kappa shape index (κ3) is 4.32. The quantitative estimate of drug-likeness (QED) is 0.581. The molecule has 0 spiro atoms. The number of aromatic nitrogens is 2. The van der Waals surface area contributed by atoms with Gasteiger partial charge in [0.1, 0.15) is 18.1 Å². The van der Waals surface area contributed by atoms with Gasteiger partial charge in [-0.3, -0.25) is 14.3 Å².